The zero-order chi connectivity index (χ0) is 13.6. The number of nitrogens with two attached hydrogens (primary N) is 1. The Labute approximate surface area is 113 Å². The Balaban J connectivity index is 1.98. The molecule has 1 aliphatic heterocycles. The quantitative estimate of drug-likeness (QED) is 0.900. The molecule has 0 aromatic carbocycles. The van der Waals surface area contributed by atoms with E-state index >= 15 is 0 Å². The lowest BCUT2D eigenvalue weighted by Gasteiger charge is -2.40. The molecule has 3 rings (SSSR count). The monoisotopic (exact) mass is 262 g/mol. The van der Waals surface area contributed by atoms with Gasteiger partial charge in [-0.15, -0.1) is 0 Å². The maximum Gasteiger partial charge on any atom is 0.223 e. The number of imidazole rings is 1. The second kappa shape index (κ2) is 4.63. The summed E-state index contributed by atoms with van der Waals surface area (Å²) in [5.74, 6) is 0.255. The molecule has 5 nitrogen and oxygen atoms in total. The van der Waals surface area contributed by atoms with Gasteiger partial charge >= 0.3 is 0 Å². The third kappa shape index (κ3) is 2.16. The van der Waals surface area contributed by atoms with E-state index < -0.39 is 0 Å². The molecule has 2 atom stereocenters. The molecule has 0 spiro atoms. The van der Waals surface area contributed by atoms with Gasteiger partial charge in [0.15, 0.2) is 0 Å². The fourth-order valence-electron chi connectivity index (χ4n) is 3.06. The Hall–Kier alpha value is -1.36. The van der Waals surface area contributed by atoms with Crippen LogP contribution in [0.15, 0.2) is 12.5 Å². The van der Waals surface area contributed by atoms with Crippen LogP contribution in [0.5, 0.6) is 0 Å². The number of rotatable bonds is 3. The lowest BCUT2D eigenvalue weighted by atomic mass is 9.93. The van der Waals surface area contributed by atoms with Gasteiger partial charge in [-0.3, -0.25) is 4.79 Å². The summed E-state index contributed by atoms with van der Waals surface area (Å²) in [6.07, 6.45) is 7.31. The van der Waals surface area contributed by atoms with Crippen LogP contribution in [0.25, 0.3) is 0 Å². The Bertz CT molecular complexity index is 478. The summed E-state index contributed by atoms with van der Waals surface area (Å²) in [6, 6.07) is 0.758. The van der Waals surface area contributed by atoms with Crippen molar-refractivity contribution in [2.24, 2.45) is 5.73 Å². The number of carbonyl (C=O) groups excluding carboxylic acids is 1. The van der Waals surface area contributed by atoms with Crippen LogP contribution in [0.3, 0.4) is 0 Å². The van der Waals surface area contributed by atoms with E-state index in [1.807, 2.05) is 17.4 Å². The normalized spacial score (nSPS) is 28.2. The molecule has 0 bridgehead atoms. The van der Waals surface area contributed by atoms with Gasteiger partial charge in [-0.2, -0.15) is 0 Å². The molecule has 2 unspecified atom stereocenters. The van der Waals surface area contributed by atoms with Crippen molar-refractivity contribution in [2.75, 3.05) is 0 Å². The molecule has 1 aromatic rings. The van der Waals surface area contributed by atoms with Gasteiger partial charge in [-0.1, -0.05) is 0 Å². The third-order valence-corrected chi connectivity index (χ3v) is 4.18. The average molecular weight is 262 g/mol. The summed E-state index contributed by atoms with van der Waals surface area (Å²) >= 11 is 0. The minimum Gasteiger partial charge on any atom is -0.330 e. The predicted octanol–water partition coefficient (Wildman–Crippen LogP) is 1.62. The lowest BCUT2D eigenvalue weighted by Crippen LogP contribution is -2.50. The van der Waals surface area contributed by atoms with Gasteiger partial charge in [0.05, 0.1) is 24.3 Å². The molecule has 104 valence electrons. The molecule has 2 heterocycles. The first-order chi connectivity index (χ1) is 9.09. The molecule has 1 saturated heterocycles. The molecule has 5 heteroatoms. The van der Waals surface area contributed by atoms with Gasteiger partial charge < -0.3 is 15.2 Å². The first-order valence-electron chi connectivity index (χ1n) is 7.18. The minimum absolute atomic E-state index is 0.00125. The maximum absolute atomic E-state index is 12.2. The zero-order valence-corrected chi connectivity index (χ0v) is 11.6. The van der Waals surface area contributed by atoms with Crippen molar-refractivity contribution in [1.82, 2.24) is 14.5 Å². The smallest absolute Gasteiger partial charge is 0.223 e. The number of aromatic nitrogens is 2. The summed E-state index contributed by atoms with van der Waals surface area (Å²) < 4.78 is 2.14. The van der Waals surface area contributed by atoms with Crippen LogP contribution >= 0.6 is 0 Å². The highest BCUT2D eigenvalue weighted by Gasteiger charge is 2.44. The number of amides is 1. The van der Waals surface area contributed by atoms with Crippen molar-refractivity contribution in [3.05, 3.63) is 18.2 Å². The number of piperidine rings is 1. The van der Waals surface area contributed by atoms with E-state index in [0.29, 0.717) is 18.5 Å². The number of hydrogen-bond donors (Lipinski definition) is 1. The maximum atomic E-state index is 12.2. The number of likely N-dealkylation sites (tertiary alicyclic amines) is 1. The summed E-state index contributed by atoms with van der Waals surface area (Å²) in [5.41, 5.74) is 7.41. The van der Waals surface area contributed by atoms with Gasteiger partial charge in [0.25, 0.3) is 0 Å². The summed E-state index contributed by atoms with van der Waals surface area (Å²) in [6.45, 7) is 4.26. The Kier molecular flexibility index (Phi) is 3.09. The highest BCUT2D eigenvalue weighted by atomic mass is 16.2. The molecular weight excluding hydrogens is 240 g/mol. The molecule has 2 N–H and O–H groups in total. The standard InChI is InChI=1S/C14H22N4O/c1-9(2)17-8-16-7-12(17)14-11(15)5-6-13(19)18(14)10-3-4-10/h7-11,14H,3-6,15H2,1-2H3. The Morgan fingerprint density at radius 2 is 2.11 bits per heavy atom. The fourth-order valence-corrected chi connectivity index (χ4v) is 3.06. The molecule has 1 amide bonds. The second-order valence-electron chi connectivity index (χ2n) is 6.00. The highest BCUT2D eigenvalue weighted by Crippen LogP contribution is 2.40. The molecule has 1 aliphatic carbocycles. The van der Waals surface area contributed by atoms with Crippen LogP contribution in [-0.4, -0.2) is 32.4 Å². The average Bonchev–Trinajstić information content (AvgIpc) is 3.08. The lowest BCUT2D eigenvalue weighted by molar-refractivity contribution is -0.138. The second-order valence-corrected chi connectivity index (χ2v) is 6.00. The van der Waals surface area contributed by atoms with Crippen molar-refractivity contribution >= 4 is 5.91 Å². The molecule has 1 aromatic heterocycles. The topological polar surface area (TPSA) is 64.2 Å². The van der Waals surface area contributed by atoms with Crippen molar-refractivity contribution in [1.29, 1.82) is 0 Å². The molecule has 1 saturated carbocycles. The number of hydrogen-bond acceptors (Lipinski definition) is 3. The van der Waals surface area contributed by atoms with Crippen molar-refractivity contribution in [3.8, 4) is 0 Å². The van der Waals surface area contributed by atoms with E-state index in [4.69, 9.17) is 5.73 Å². The van der Waals surface area contributed by atoms with E-state index in [9.17, 15) is 4.79 Å². The van der Waals surface area contributed by atoms with Crippen LogP contribution in [0.4, 0.5) is 0 Å². The number of carbonyl (C=O) groups is 1. The molecule has 2 aliphatic rings. The van der Waals surface area contributed by atoms with E-state index in [1.54, 1.807) is 0 Å². The summed E-state index contributed by atoms with van der Waals surface area (Å²) in [7, 11) is 0. The van der Waals surface area contributed by atoms with E-state index in [0.717, 1.165) is 25.0 Å². The van der Waals surface area contributed by atoms with Crippen LogP contribution in [0.2, 0.25) is 0 Å². The summed E-state index contributed by atoms with van der Waals surface area (Å²) in [5, 5.41) is 0. The van der Waals surface area contributed by atoms with Crippen LogP contribution in [0.1, 0.15) is 57.3 Å². The minimum atomic E-state index is -0.00125. The highest BCUT2D eigenvalue weighted by molar-refractivity contribution is 5.78. The first kappa shape index (κ1) is 12.7. The van der Waals surface area contributed by atoms with Crippen LogP contribution < -0.4 is 5.73 Å². The third-order valence-electron chi connectivity index (χ3n) is 4.18. The molecular formula is C14H22N4O. The van der Waals surface area contributed by atoms with E-state index in [-0.39, 0.29) is 18.0 Å². The summed E-state index contributed by atoms with van der Waals surface area (Å²) in [4.78, 5) is 18.5. The molecule has 0 radical (unpaired) electrons. The predicted molar refractivity (Wildman–Crippen MR) is 72.4 cm³/mol. The number of nitrogens with zero attached hydrogens (tertiary/aromatic N) is 3. The first-order valence-corrected chi connectivity index (χ1v) is 7.18. The van der Waals surface area contributed by atoms with E-state index in [1.165, 1.54) is 0 Å². The fraction of sp³-hybridized carbons (Fsp3) is 0.714. The van der Waals surface area contributed by atoms with E-state index in [2.05, 4.69) is 23.4 Å². The van der Waals surface area contributed by atoms with Crippen LogP contribution in [0, 0.1) is 0 Å². The Morgan fingerprint density at radius 1 is 1.37 bits per heavy atom. The van der Waals surface area contributed by atoms with Crippen molar-refractivity contribution in [2.45, 2.75) is 63.7 Å². The van der Waals surface area contributed by atoms with Gasteiger partial charge in [0.1, 0.15) is 0 Å². The van der Waals surface area contributed by atoms with Gasteiger partial charge in [0.2, 0.25) is 5.91 Å². The SMILES string of the molecule is CC(C)n1cncc1C1C(N)CCC(=O)N1C1CC1. The van der Waals surface area contributed by atoms with Crippen molar-refractivity contribution < 1.29 is 4.79 Å². The largest absolute Gasteiger partial charge is 0.330 e. The van der Waals surface area contributed by atoms with Gasteiger partial charge in [0, 0.05) is 24.5 Å². The van der Waals surface area contributed by atoms with Crippen molar-refractivity contribution in [3.63, 3.8) is 0 Å². The molecule has 19 heavy (non-hydrogen) atoms. The zero-order valence-electron chi connectivity index (χ0n) is 11.6. The Morgan fingerprint density at radius 3 is 2.74 bits per heavy atom. The van der Waals surface area contributed by atoms with Gasteiger partial charge in [-0.25, -0.2) is 4.98 Å². The van der Waals surface area contributed by atoms with Crippen LogP contribution in [-0.2, 0) is 4.79 Å². The molecule has 2 fully saturated rings. The van der Waals surface area contributed by atoms with Gasteiger partial charge in [-0.05, 0) is 33.1 Å².